The van der Waals surface area contributed by atoms with Gasteiger partial charge in [-0.3, -0.25) is 19.3 Å². The summed E-state index contributed by atoms with van der Waals surface area (Å²) in [6, 6.07) is 11.7. The van der Waals surface area contributed by atoms with Gasteiger partial charge in [0.15, 0.2) is 0 Å². The third kappa shape index (κ3) is 4.60. The molecule has 4 rings (SSSR count). The largest absolute Gasteiger partial charge is 0.416 e. The summed E-state index contributed by atoms with van der Waals surface area (Å²) < 4.78 is 68.8. The molecule has 0 spiro atoms. The highest BCUT2D eigenvalue weighted by molar-refractivity contribution is 8.00. The Morgan fingerprint density at radius 2 is 1.72 bits per heavy atom. The van der Waals surface area contributed by atoms with E-state index in [1.165, 1.54) is 52.6 Å². The number of hydrogen-bond acceptors (Lipinski definition) is 6. The number of alkyl halides is 3. The number of aromatic nitrogens is 2. The minimum Gasteiger partial charge on any atom is -0.371 e. The summed E-state index contributed by atoms with van der Waals surface area (Å²) in [7, 11) is -2.87. The summed E-state index contributed by atoms with van der Waals surface area (Å²) in [6.07, 6.45) is -4.51. The fourth-order valence-corrected chi connectivity index (χ4v) is 5.45. The molecule has 0 bridgehead atoms. The Hall–Kier alpha value is -3.67. The van der Waals surface area contributed by atoms with Crippen LogP contribution in [0.15, 0.2) is 69.3 Å². The average molecular weight is 520 g/mol. The van der Waals surface area contributed by atoms with Gasteiger partial charge in [0.05, 0.1) is 22.5 Å². The van der Waals surface area contributed by atoms with Gasteiger partial charge in [0.1, 0.15) is 15.7 Å². The normalized spacial score (nSPS) is 15.7. The van der Waals surface area contributed by atoms with Gasteiger partial charge in [-0.25, -0.2) is 13.4 Å². The first-order valence-electron chi connectivity index (χ1n) is 10.9. The molecule has 0 saturated carbocycles. The molecular weight excluding hydrogens is 495 g/mol. The molecule has 0 unspecified atom stereocenters. The van der Waals surface area contributed by atoms with Crippen LogP contribution in [0.5, 0.6) is 0 Å². The van der Waals surface area contributed by atoms with Gasteiger partial charge in [-0.15, -0.1) is 0 Å². The Kier molecular flexibility index (Phi) is 6.19. The van der Waals surface area contributed by atoms with Gasteiger partial charge < -0.3 is 5.32 Å². The molecule has 0 aliphatic carbocycles. The van der Waals surface area contributed by atoms with Crippen LogP contribution in [0.1, 0.15) is 25.0 Å². The second-order valence-corrected chi connectivity index (χ2v) is 11.0. The molecule has 1 aliphatic rings. The predicted molar refractivity (Wildman–Crippen MR) is 126 cm³/mol. The van der Waals surface area contributed by atoms with E-state index in [1.807, 2.05) is 13.8 Å². The van der Waals surface area contributed by atoms with Crippen LogP contribution in [-0.2, 0) is 36.2 Å². The third-order valence-electron chi connectivity index (χ3n) is 5.80. The van der Waals surface area contributed by atoms with Gasteiger partial charge in [-0.1, -0.05) is 30.3 Å². The third-order valence-corrected chi connectivity index (χ3v) is 7.58. The first-order valence-corrected chi connectivity index (χ1v) is 12.4. The van der Waals surface area contributed by atoms with Crippen molar-refractivity contribution in [1.29, 1.82) is 5.41 Å². The van der Waals surface area contributed by atoms with Crippen molar-refractivity contribution < 1.29 is 21.6 Å². The zero-order chi connectivity index (χ0) is 26.5. The fourth-order valence-electron chi connectivity index (χ4n) is 3.99. The fraction of sp³-hybridized carbons (Fsp3) is 0.292. The molecular formula is C24H24F3N5O3S. The van der Waals surface area contributed by atoms with Gasteiger partial charge in [-0.05, 0) is 43.7 Å². The highest BCUT2D eigenvalue weighted by Crippen LogP contribution is 2.29. The van der Waals surface area contributed by atoms with E-state index < -0.39 is 37.7 Å². The monoisotopic (exact) mass is 519 g/mol. The number of fused-ring (bicyclic) bond motifs is 1. The van der Waals surface area contributed by atoms with Crippen molar-refractivity contribution in [1.82, 2.24) is 14.5 Å². The van der Waals surface area contributed by atoms with Crippen molar-refractivity contribution in [2.75, 3.05) is 0 Å². The quantitative estimate of drug-likeness (QED) is 0.532. The molecule has 0 radical (unpaired) electrons. The maximum absolute atomic E-state index is 13.7. The number of benzene rings is 2. The lowest BCUT2D eigenvalue weighted by Gasteiger charge is -2.15. The van der Waals surface area contributed by atoms with Crippen molar-refractivity contribution in [2.45, 2.75) is 43.5 Å². The second kappa shape index (κ2) is 8.77. The lowest BCUT2D eigenvalue weighted by molar-refractivity contribution is -0.137. The van der Waals surface area contributed by atoms with Crippen molar-refractivity contribution in [3.8, 4) is 0 Å². The molecule has 12 heteroatoms. The van der Waals surface area contributed by atoms with Crippen molar-refractivity contribution >= 4 is 14.9 Å². The maximum atomic E-state index is 13.7. The molecule has 1 aliphatic heterocycles. The average Bonchev–Trinajstić information content (AvgIpc) is 3.15. The van der Waals surface area contributed by atoms with Crippen LogP contribution in [-0.4, -0.2) is 23.1 Å². The van der Waals surface area contributed by atoms with E-state index in [1.54, 1.807) is 6.07 Å². The summed E-state index contributed by atoms with van der Waals surface area (Å²) in [5.74, 6) is 0. The van der Waals surface area contributed by atoms with E-state index in [0.717, 1.165) is 12.1 Å². The first-order chi connectivity index (χ1) is 16.7. The summed E-state index contributed by atoms with van der Waals surface area (Å²) in [5.41, 5.74) is -1.89. The van der Waals surface area contributed by atoms with Crippen LogP contribution in [0, 0.1) is 5.41 Å². The zero-order valence-electron chi connectivity index (χ0n) is 19.7. The number of hydrogen-bond donors (Lipinski definition) is 2. The zero-order valence-corrected chi connectivity index (χ0v) is 20.5. The van der Waals surface area contributed by atoms with Crippen LogP contribution in [0.2, 0.25) is 0 Å². The molecule has 8 nitrogen and oxygen atoms in total. The number of nitrogens with zero attached hydrogens (tertiary/aromatic N) is 3. The number of nitrogens with one attached hydrogen (secondary N) is 2. The Bertz CT molecular complexity index is 1670. The van der Waals surface area contributed by atoms with E-state index >= 15 is 0 Å². The molecule has 0 atom stereocenters. The summed E-state index contributed by atoms with van der Waals surface area (Å²) in [6.45, 7) is 3.73. The smallest absolute Gasteiger partial charge is 0.371 e. The topological polar surface area (TPSA) is 109 Å². The second-order valence-electron chi connectivity index (χ2n) is 9.09. The lowest BCUT2D eigenvalue weighted by atomic mass is 10.1. The van der Waals surface area contributed by atoms with Crippen LogP contribution < -0.4 is 27.2 Å². The van der Waals surface area contributed by atoms with Gasteiger partial charge in [0, 0.05) is 13.6 Å². The highest BCUT2D eigenvalue weighted by atomic mass is 32.2. The van der Waals surface area contributed by atoms with Gasteiger partial charge in [-0.2, -0.15) is 13.2 Å². The van der Waals surface area contributed by atoms with Gasteiger partial charge in [0.2, 0.25) is 15.5 Å². The predicted octanol–water partition coefficient (Wildman–Crippen LogP) is 1.43. The van der Waals surface area contributed by atoms with E-state index in [-0.39, 0.29) is 34.3 Å². The van der Waals surface area contributed by atoms with Gasteiger partial charge >= 0.3 is 6.18 Å². The molecule has 2 heterocycles. The van der Waals surface area contributed by atoms with Crippen molar-refractivity contribution in [2.24, 2.45) is 12.0 Å². The molecule has 2 N–H and O–H groups in total. The van der Waals surface area contributed by atoms with Crippen molar-refractivity contribution in [3.63, 3.8) is 0 Å². The number of rotatable bonds is 5. The van der Waals surface area contributed by atoms with Crippen LogP contribution in [0.25, 0.3) is 5.03 Å². The molecule has 0 amide bonds. The van der Waals surface area contributed by atoms with Crippen LogP contribution in [0.4, 0.5) is 13.2 Å². The number of sulfone groups is 1. The highest BCUT2D eigenvalue weighted by Gasteiger charge is 2.31. The number of halogens is 3. The SMILES string of the molecule is Cn1c(=O)/c(=C(/NCc2ccc(C(F)(F)F)cc2)S(=O)(=O)c2ccccc2)c(=N)n2c1=NC(C)(C)C2. The lowest BCUT2D eigenvalue weighted by Crippen LogP contribution is -2.58. The summed E-state index contributed by atoms with van der Waals surface area (Å²) in [4.78, 5) is 17.7. The van der Waals surface area contributed by atoms with E-state index in [4.69, 9.17) is 5.41 Å². The molecule has 0 saturated heterocycles. The molecule has 36 heavy (non-hydrogen) atoms. The Labute approximate surface area is 204 Å². The standard InChI is InChI=1S/C24H24F3N5O3S/c1-23(2)14-32-19(28)18(21(33)31(3)22(32)30-23)20(36(34,35)17-7-5-4-6-8-17)29-13-15-9-11-16(12-10-15)24(25,26)27/h4-12,28-29H,13-14H2,1-3H3/b20-18-,28-19?. The van der Waals surface area contributed by atoms with Crippen LogP contribution >= 0.6 is 0 Å². The van der Waals surface area contributed by atoms with Gasteiger partial charge in [0.25, 0.3) is 5.56 Å². The molecule has 1 aromatic heterocycles. The molecule has 2 aromatic carbocycles. The first kappa shape index (κ1) is 25.4. The summed E-state index contributed by atoms with van der Waals surface area (Å²) >= 11 is 0. The Morgan fingerprint density at radius 1 is 1.11 bits per heavy atom. The van der Waals surface area contributed by atoms with E-state index in [0.29, 0.717) is 5.56 Å². The van der Waals surface area contributed by atoms with E-state index in [9.17, 15) is 26.4 Å². The molecule has 3 aromatic rings. The Morgan fingerprint density at radius 3 is 2.31 bits per heavy atom. The summed E-state index contributed by atoms with van der Waals surface area (Å²) in [5, 5.41) is 10.6. The van der Waals surface area contributed by atoms with E-state index in [2.05, 4.69) is 10.3 Å². The Balaban J connectivity index is 1.94. The molecule has 0 fully saturated rings. The maximum Gasteiger partial charge on any atom is 0.416 e. The minimum absolute atomic E-state index is 0.100. The van der Waals surface area contributed by atoms with Crippen molar-refractivity contribution in [3.05, 3.63) is 92.4 Å². The minimum atomic E-state index is -4.51. The molecule has 190 valence electrons. The van der Waals surface area contributed by atoms with Crippen LogP contribution in [0.3, 0.4) is 0 Å².